The number of aliphatic hydroxyl groups excluding tert-OH is 1. The highest BCUT2D eigenvalue weighted by molar-refractivity contribution is 5.96. The molecule has 16 nitrogen and oxygen atoms in total. The SMILES string of the molecule is NC(=O)NC(=O)NC(CC(=O)O)C(=O)NCCOCCOCC(=O)NC(CO)C(N)=O. The van der Waals surface area contributed by atoms with E-state index in [-0.39, 0.29) is 26.4 Å². The first-order chi connectivity index (χ1) is 14.6. The van der Waals surface area contributed by atoms with E-state index in [1.165, 1.54) is 0 Å². The number of ether oxygens (including phenoxy) is 2. The lowest BCUT2D eigenvalue weighted by atomic mass is 10.2. The van der Waals surface area contributed by atoms with Crippen molar-refractivity contribution in [1.29, 1.82) is 0 Å². The minimum atomic E-state index is -1.46. The third-order valence-corrected chi connectivity index (χ3v) is 3.25. The third kappa shape index (κ3) is 14.2. The van der Waals surface area contributed by atoms with E-state index in [2.05, 4.69) is 10.6 Å². The summed E-state index contributed by atoms with van der Waals surface area (Å²) in [7, 11) is 0. The zero-order valence-corrected chi connectivity index (χ0v) is 16.4. The molecule has 16 heteroatoms. The first kappa shape index (κ1) is 27.5. The molecule has 0 saturated heterocycles. The average Bonchev–Trinajstić information content (AvgIpc) is 2.66. The number of rotatable bonds is 15. The van der Waals surface area contributed by atoms with Gasteiger partial charge in [-0.2, -0.15) is 0 Å². The summed E-state index contributed by atoms with van der Waals surface area (Å²) in [6.45, 7) is -1.04. The van der Waals surface area contributed by atoms with Gasteiger partial charge >= 0.3 is 18.0 Å². The number of imide groups is 1. The lowest BCUT2D eigenvalue weighted by Gasteiger charge is -2.16. The number of carbonyl (C=O) groups excluding carboxylic acids is 5. The van der Waals surface area contributed by atoms with Crippen molar-refractivity contribution in [2.45, 2.75) is 18.5 Å². The Balaban J connectivity index is 4.05. The second kappa shape index (κ2) is 15.4. The van der Waals surface area contributed by atoms with E-state index in [1.807, 2.05) is 5.32 Å². The molecule has 2 atom stereocenters. The predicted molar refractivity (Wildman–Crippen MR) is 100 cm³/mol. The number of primary amides is 2. The normalized spacial score (nSPS) is 12.2. The molecule has 0 aliphatic rings. The predicted octanol–water partition coefficient (Wildman–Crippen LogP) is -4.68. The van der Waals surface area contributed by atoms with Crippen LogP contribution in [0.5, 0.6) is 0 Å². The van der Waals surface area contributed by atoms with Gasteiger partial charge in [0.05, 0.1) is 32.8 Å². The molecule has 0 spiro atoms. The summed E-state index contributed by atoms with van der Waals surface area (Å²) in [5.41, 5.74) is 9.69. The Labute approximate surface area is 176 Å². The minimum absolute atomic E-state index is 0.00177. The minimum Gasteiger partial charge on any atom is -0.481 e. The molecule has 10 N–H and O–H groups in total. The van der Waals surface area contributed by atoms with Gasteiger partial charge in [-0.25, -0.2) is 9.59 Å². The van der Waals surface area contributed by atoms with E-state index in [0.717, 1.165) is 0 Å². The van der Waals surface area contributed by atoms with Crippen molar-refractivity contribution < 1.29 is 48.5 Å². The molecule has 0 heterocycles. The zero-order chi connectivity index (χ0) is 23.8. The fourth-order valence-electron chi connectivity index (χ4n) is 1.89. The third-order valence-electron chi connectivity index (χ3n) is 3.25. The average molecular weight is 450 g/mol. The molecule has 2 unspecified atom stereocenters. The fourth-order valence-corrected chi connectivity index (χ4v) is 1.89. The Kier molecular flexibility index (Phi) is 13.6. The van der Waals surface area contributed by atoms with Gasteiger partial charge in [-0.15, -0.1) is 0 Å². The number of carboxylic acid groups (broad SMARTS) is 1. The number of hydrogen-bond donors (Lipinski definition) is 8. The standard InChI is InChI=1S/C15H26N6O10/c16-12(26)9(6-22)19-10(23)7-31-4-3-30-2-1-18-13(27)8(5-11(24)25)20-15(29)21-14(17)28/h8-9,22H,1-7H2,(H2,16,26)(H,18,27)(H,19,23)(H,24,25)(H4,17,20,21,28,29). The molecule has 176 valence electrons. The molecular formula is C15H26N6O10. The first-order valence-corrected chi connectivity index (χ1v) is 8.78. The number of carbonyl (C=O) groups is 6. The van der Waals surface area contributed by atoms with Crippen LogP contribution in [0.1, 0.15) is 6.42 Å². The van der Waals surface area contributed by atoms with Crippen LogP contribution in [-0.4, -0.2) is 97.6 Å². The van der Waals surface area contributed by atoms with E-state index in [9.17, 15) is 28.8 Å². The molecule has 0 aromatic heterocycles. The highest BCUT2D eigenvalue weighted by atomic mass is 16.5. The van der Waals surface area contributed by atoms with Gasteiger partial charge < -0.3 is 47.1 Å². The van der Waals surface area contributed by atoms with E-state index in [1.54, 1.807) is 5.32 Å². The Morgan fingerprint density at radius 2 is 1.55 bits per heavy atom. The van der Waals surface area contributed by atoms with Crippen LogP contribution in [0.15, 0.2) is 0 Å². The lowest BCUT2D eigenvalue weighted by molar-refractivity contribution is -0.139. The Morgan fingerprint density at radius 1 is 0.903 bits per heavy atom. The van der Waals surface area contributed by atoms with E-state index < -0.39 is 67.5 Å². The Hall–Kier alpha value is -3.50. The summed E-state index contributed by atoms with van der Waals surface area (Å²) in [6, 6.07) is -4.98. The topological polar surface area (TPSA) is 262 Å². The number of hydrogen-bond acceptors (Lipinski definition) is 9. The molecule has 0 aromatic rings. The summed E-state index contributed by atoms with van der Waals surface area (Å²) >= 11 is 0. The number of carboxylic acids is 1. The summed E-state index contributed by atoms with van der Waals surface area (Å²) in [5, 5.41) is 25.8. The van der Waals surface area contributed by atoms with Crippen molar-refractivity contribution in [2.75, 3.05) is 39.6 Å². The van der Waals surface area contributed by atoms with Crippen molar-refractivity contribution in [1.82, 2.24) is 21.3 Å². The number of aliphatic carboxylic acids is 1. The second-order valence-corrected chi connectivity index (χ2v) is 5.77. The quantitative estimate of drug-likeness (QED) is 0.110. The molecule has 0 rings (SSSR count). The van der Waals surface area contributed by atoms with Crippen LogP contribution in [0.3, 0.4) is 0 Å². The fraction of sp³-hybridized carbons (Fsp3) is 0.600. The molecule has 0 aromatic carbocycles. The number of nitrogens with two attached hydrogens (primary N) is 2. The molecule has 0 aliphatic carbocycles. The Morgan fingerprint density at radius 3 is 2.10 bits per heavy atom. The van der Waals surface area contributed by atoms with Gasteiger partial charge in [-0.05, 0) is 0 Å². The summed E-state index contributed by atoms with van der Waals surface area (Å²) in [4.78, 5) is 67.1. The van der Waals surface area contributed by atoms with Crippen molar-refractivity contribution in [3.63, 3.8) is 0 Å². The maximum absolute atomic E-state index is 12.0. The van der Waals surface area contributed by atoms with Crippen molar-refractivity contribution >= 4 is 35.8 Å². The van der Waals surface area contributed by atoms with Gasteiger partial charge in [0.2, 0.25) is 17.7 Å². The Bertz CT molecular complexity index is 658. The summed E-state index contributed by atoms with van der Waals surface area (Å²) in [6.07, 6.45) is -0.734. The number of amides is 7. The molecular weight excluding hydrogens is 424 g/mol. The number of aliphatic hydroxyl groups is 1. The van der Waals surface area contributed by atoms with Gasteiger partial charge in [-0.3, -0.25) is 24.5 Å². The maximum Gasteiger partial charge on any atom is 0.323 e. The first-order valence-electron chi connectivity index (χ1n) is 8.78. The van der Waals surface area contributed by atoms with Crippen LogP contribution >= 0.6 is 0 Å². The molecule has 0 radical (unpaired) electrons. The highest BCUT2D eigenvalue weighted by Gasteiger charge is 2.24. The van der Waals surface area contributed by atoms with Gasteiger partial charge in [-0.1, -0.05) is 0 Å². The number of urea groups is 2. The summed E-state index contributed by atoms with van der Waals surface area (Å²) < 4.78 is 10.1. The number of nitrogens with one attached hydrogen (secondary N) is 4. The molecule has 7 amide bonds. The van der Waals surface area contributed by atoms with E-state index in [4.69, 9.17) is 31.2 Å². The van der Waals surface area contributed by atoms with Crippen LogP contribution in [0.25, 0.3) is 0 Å². The van der Waals surface area contributed by atoms with Gasteiger partial charge in [0.25, 0.3) is 0 Å². The maximum atomic E-state index is 12.0. The van der Waals surface area contributed by atoms with Gasteiger partial charge in [0, 0.05) is 6.54 Å². The van der Waals surface area contributed by atoms with Crippen LogP contribution in [0.2, 0.25) is 0 Å². The van der Waals surface area contributed by atoms with Gasteiger partial charge in [0.15, 0.2) is 0 Å². The molecule has 0 fully saturated rings. The van der Waals surface area contributed by atoms with E-state index in [0.29, 0.717) is 0 Å². The van der Waals surface area contributed by atoms with Crippen LogP contribution in [0, 0.1) is 0 Å². The van der Waals surface area contributed by atoms with Crippen molar-refractivity contribution in [2.24, 2.45) is 11.5 Å². The van der Waals surface area contributed by atoms with Crippen LogP contribution in [0.4, 0.5) is 9.59 Å². The molecule has 0 bridgehead atoms. The van der Waals surface area contributed by atoms with Crippen molar-refractivity contribution in [3.8, 4) is 0 Å². The monoisotopic (exact) mass is 450 g/mol. The molecule has 31 heavy (non-hydrogen) atoms. The highest BCUT2D eigenvalue weighted by Crippen LogP contribution is 1.93. The second-order valence-electron chi connectivity index (χ2n) is 5.77. The van der Waals surface area contributed by atoms with Crippen LogP contribution < -0.4 is 32.7 Å². The lowest BCUT2D eigenvalue weighted by Crippen LogP contribution is -2.53. The van der Waals surface area contributed by atoms with E-state index >= 15 is 0 Å². The van der Waals surface area contributed by atoms with Gasteiger partial charge in [0.1, 0.15) is 18.7 Å². The van der Waals surface area contributed by atoms with Crippen molar-refractivity contribution in [3.05, 3.63) is 0 Å². The molecule has 0 saturated carbocycles. The molecule has 0 aliphatic heterocycles. The largest absolute Gasteiger partial charge is 0.481 e. The smallest absolute Gasteiger partial charge is 0.323 e. The zero-order valence-electron chi connectivity index (χ0n) is 16.4. The summed E-state index contributed by atoms with van der Waals surface area (Å²) in [5.74, 6) is -3.75. The van der Waals surface area contributed by atoms with Crippen LogP contribution in [-0.2, 0) is 28.7 Å².